The Bertz CT molecular complexity index is 1050. The molecule has 4 nitrogen and oxygen atoms in total. The molecule has 1 atom stereocenters. The van der Waals surface area contributed by atoms with Crippen molar-refractivity contribution in [2.45, 2.75) is 13.0 Å². The van der Waals surface area contributed by atoms with E-state index in [9.17, 15) is 4.79 Å². The number of carbonyl (C=O) groups is 1. The van der Waals surface area contributed by atoms with Crippen molar-refractivity contribution in [1.82, 2.24) is 15.3 Å². The summed E-state index contributed by atoms with van der Waals surface area (Å²) in [6.07, 6.45) is 3.45. The highest BCUT2D eigenvalue weighted by atomic mass is 32.1. The van der Waals surface area contributed by atoms with Gasteiger partial charge < -0.3 is 5.32 Å². The Morgan fingerprint density at radius 2 is 1.88 bits per heavy atom. The van der Waals surface area contributed by atoms with Gasteiger partial charge >= 0.3 is 0 Å². The maximum atomic E-state index is 13.0. The molecule has 0 bridgehead atoms. The molecule has 0 spiro atoms. The number of benzene rings is 1. The van der Waals surface area contributed by atoms with E-state index in [1.165, 1.54) is 0 Å². The molecule has 1 aromatic carbocycles. The minimum atomic E-state index is -0.0974. The van der Waals surface area contributed by atoms with Gasteiger partial charge in [0.25, 0.3) is 5.91 Å². The van der Waals surface area contributed by atoms with Gasteiger partial charge in [-0.05, 0) is 42.6 Å². The molecule has 1 N–H and O–H groups in total. The summed E-state index contributed by atoms with van der Waals surface area (Å²) in [6.45, 7) is 2.00. The number of rotatable bonds is 4. The average molecular weight is 359 g/mol. The Balaban J connectivity index is 1.76. The van der Waals surface area contributed by atoms with Crippen LogP contribution in [-0.4, -0.2) is 15.9 Å². The van der Waals surface area contributed by atoms with E-state index in [2.05, 4.69) is 10.3 Å². The van der Waals surface area contributed by atoms with Crippen LogP contribution in [-0.2, 0) is 0 Å². The molecule has 4 rings (SSSR count). The largest absolute Gasteiger partial charge is 0.345 e. The van der Waals surface area contributed by atoms with Crippen molar-refractivity contribution in [2.24, 2.45) is 0 Å². The molecule has 0 saturated heterocycles. The number of para-hydroxylation sites is 1. The molecule has 1 amide bonds. The van der Waals surface area contributed by atoms with Crippen molar-refractivity contribution >= 4 is 28.1 Å². The quantitative estimate of drug-likeness (QED) is 0.567. The van der Waals surface area contributed by atoms with Gasteiger partial charge in [0.15, 0.2) is 0 Å². The Morgan fingerprint density at radius 1 is 1.08 bits per heavy atom. The highest BCUT2D eigenvalue weighted by molar-refractivity contribution is 7.10. The number of hydrogen-bond acceptors (Lipinski definition) is 4. The van der Waals surface area contributed by atoms with Gasteiger partial charge in [-0.2, -0.15) is 0 Å². The minimum absolute atomic E-state index is 0.0428. The standard InChI is InChI=1S/C21H17N3OS/c1-14(20-7-4-12-26-20)23-21(25)17-13-19(15-8-10-22-11-9-15)24-18-6-3-2-5-16(17)18/h2-14H,1H3,(H,23,25). The fourth-order valence-electron chi connectivity index (χ4n) is 2.92. The molecule has 4 aromatic rings. The number of aromatic nitrogens is 2. The first-order valence-electron chi connectivity index (χ1n) is 8.37. The molecule has 3 aromatic heterocycles. The van der Waals surface area contributed by atoms with Gasteiger partial charge in [0, 0.05) is 28.2 Å². The molecular weight excluding hydrogens is 342 g/mol. The summed E-state index contributed by atoms with van der Waals surface area (Å²) in [7, 11) is 0. The van der Waals surface area contributed by atoms with E-state index < -0.39 is 0 Å². The smallest absolute Gasteiger partial charge is 0.252 e. The SMILES string of the molecule is CC(NC(=O)c1cc(-c2ccncc2)nc2ccccc12)c1cccs1. The molecule has 3 heterocycles. The molecule has 0 aliphatic rings. The molecule has 0 radical (unpaired) electrons. The van der Waals surface area contributed by atoms with Gasteiger partial charge in [0.05, 0.1) is 22.8 Å². The van der Waals surface area contributed by atoms with Crippen LogP contribution in [0.4, 0.5) is 0 Å². The van der Waals surface area contributed by atoms with E-state index >= 15 is 0 Å². The van der Waals surface area contributed by atoms with Gasteiger partial charge in [-0.25, -0.2) is 4.98 Å². The third-order valence-corrected chi connectivity index (χ3v) is 5.31. The summed E-state index contributed by atoms with van der Waals surface area (Å²) in [5.74, 6) is -0.0974. The van der Waals surface area contributed by atoms with E-state index in [-0.39, 0.29) is 11.9 Å². The van der Waals surface area contributed by atoms with Crippen LogP contribution in [0.1, 0.15) is 28.2 Å². The van der Waals surface area contributed by atoms with Crippen molar-refractivity contribution in [3.05, 3.63) is 82.8 Å². The third-order valence-electron chi connectivity index (χ3n) is 4.25. The molecule has 128 valence electrons. The summed E-state index contributed by atoms with van der Waals surface area (Å²) in [5.41, 5.74) is 3.13. The van der Waals surface area contributed by atoms with E-state index in [0.29, 0.717) is 5.56 Å². The van der Waals surface area contributed by atoms with Crippen LogP contribution in [0, 0.1) is 0 Å². The Hall–Kier alpha value is -3.05. The predicted molar refractivity (Wildman–Crippen MR) is 105 cm³/mol. The highest BCUT2D eigenvalue weighted by Crippen LogP contribution is 2.25. The van der Waals surface area contributed by atoms with Gasteiger partial charge in [0.2, 0.25) is 0 Å². The van der Waals surface area contributed by atoms with Crippen LogP contribution < -0.4 is 5.32 Å². The van der Waals surface area contributed by atoms with Crippen molar-refractivity contribution in [2.75, 3.05) is 0 Å². The maximum Gasteiger partial charge on any atom is 0.252 e. The van der Waals surface area contributed by atoms with E-state index in [1.54, 1.807) is 23.7 Å². The Labute approximate surface area is 155 Å². The first kappa shape index (κ1) is 16.4. The minimum Gasteiger partial charge on any atom is -0.345 e. The zero-order valence-electron chi connectivity index (χ0n) is 14.2. The van der Waals surface area contributed by atoms with Crippen molar-refractivity contribution in [1.29, 1.82) is 0 Å². The van der Waals surface area contributed by atoms with Gasteiger partial charge in [-0.3, -0.25) is 9.78 Å². The number of carbonyl (C=O) groups excluding carboxylic acids is 1. The van der Waals surface area contributed by atoms with Gasteiger partial charge in [-0.15, -0.1) is 11.3 Å². The van der Waals surface area contributed by atoms with Crippen molar-refractivity contribution in [3.8, 4) is 11.3 Å². The zero-order valence-corrected chi connectivity index (χ0v) is 15.0. The zero-order chi connectivity index (χ0) is 17.9. The molecule has 0 fully saturated rings. The van der Waals surface area contributed by atoms with Crippen LogP contribution in [0.3, 0.4) is 0 Å². The number of amides is 1. The van der Waals surface area contributed by atoms with Crippen LogP contribution in [0.15, 0.2) is 72.4 Å². The first-order valence-corrected chi connectivity index (χ1v) is 9.25. The lowest BCUT2D eigenvalue weighted by atomic mass is 10.0. The second kappa shape index (κ2) is 7.06. The Morgan fingerprint density at radius 3 is 2.65 bits per heavy atom. The summed E-state index contributed by atoms with van der Waals surface area (Å²) < 4.78 is 0. The molecule has 0 saturated carbocycles. The van der Waals surface area contributed by atoms with Gasteiger partial charge in [-0.1, -0.05) is 24.3 Å². The van der Waals surface area contributed by atoms with Crippen molar-refractivity contribution in [3.63, 3.8) is 0 Å². The normalized spacial score (nSPS) is 12.0. The van der Waals surface area contributed by atoms with E-state index in [4.69, 9.17) is 4.98 Å². The molecule has 5 heteroatoms. The number of fused-ring (bicyclic) bond motifs is 1. The van der Waals surface area contributed by atoms with Crippen LogP contribution >= 0.6 is 11.3 Å². The lowest BCUT2D eigenvalue weighted by Gasteiger charge is -2.14. The van der Waals surface area contributed by atoms with E-state index in [0.717, 1.165) is 27.0 Å². The fraction of sp³-hybridized carbons (Fsp3) is 0.0952. The number of nitrogens with one attached hydrogen (secondary N) is 1. The maximum absolute atomic E-state index is 13.0. The molecule has 0 aliphatic heterocycles. The second-order valence-electron chi connectivity index (χ2n) is 6.02. The topological polar surface area (TPSA) is 54.9 Å². The van der Waals surface area contributed by atoms with Gasteiger partial charge in [0.1, 0.15) is 0 Å². The summed E-state index contributed by atoms with van der Waals surface area (Å²) in [5, 5.41) is 5.96. The summed E-state index contributed by atoms with van der Waals surface area (Å²) in [4.78, 5) is 22.9. The predicted octanol–water partition coefficient (Wildman–Crippen LogP) is 4.85. The van der Waals surface area contributed by atoms with Crippen LogP contribution in [0.5, 0.6) is 0 Å². The third kappa shape index (κ3) is 3.21. The van der Waals surface area contributed by atoms with Crippen LogP contribution in [0.2, 0.25) is 0 Å². The lowest BCUT2D eigenvalue weighted by Crippen LogP contribution is -2.26. The van der Waals surface area contributed by atoms with E-state index in [1.807, 2.05) is 66.9 Å². The number of thiophene rings is 1. The average Bonchev–Trinajstić information content (AvgIpc) is 3.23. The first-order chi connectivity index (χ1) is 12.7. The highest BCUT2D eigenvalue weighted by Gasteiger charge is 2.17. The lowest BCUT2D eigenvalue weighted by molar-refractivity contribution is 0.0942. The summed E-state index contributed by atoms with van der Waals surface area (Å²) in [6, 6.07) is 17.3. The molecule has 0 aliphatic carbocycles. The number of hydrogen-bond donors (Lipinski definition) is 1. The fourth-order valence-corrected chi connectivity index (χ4v) is 3.65. The second-order valence-corrected chi connectivity index (χ2v) is 7.00. The molecular formula is C21H17N3OS. The summed E-state index contributed by atoms with van der Waals surface area (Å²) >= 11 is 1.64. The number of nitrogens with zero attached hydrogens (tertiary/aromatic N) is 2. The number of pyridine rings is 2. The molecule has 1 unspecified atom stereocenters. The van der Waals surface area contributed by atoms with Crippen molar-refractivity contribution < 1.29 is 4.79 Å². The van der Waals surface area contributed by atoms with Crippen LogP contribution in [0.25, 0.3) is 22.2 Å². The Kier molecular flexibility index (Phi) is 4.46. The monoisotopic (exact) mass is 359 g/mol. The molecule has 26 heavy (non-hydrogen) atoms.